The smallest absolute Gasteiger partial charge is 0.303 e. The van der Waals surface area contributed by atoms with Gasteiger partial charge in [0.05, 0.1) is 6.54 Å². The van der Waals surface area contributed by atoms with Crippen molar-refractivity contribution in [3.05, 3.63) is 0 Å². The first kappa shape index (κ1) is 13.0. The zero-order chi connectivity index (χ0) is 12.0. The van der Waals surface area contributed by atoms with E-state index >= 15 is 0 Å². The highest BCUT2D eigenvalue weighted by Crippen LogP contribution is 2.27. The number of nitrogens with one attached hydrogen (secondary N) is 2. The van der Waals surface area contributed by atoms with Crippen molar-refractivity contribution in [2.45, 2.75) is 38.6 Å². The van der Waals surface area contributed by atoms with Crippen LogP contribution in [0.5, 0.6) is 0 Å². The van der Waals surface area contributed by atoms with E-state index in [0.717, 1.165) is 12.5 Å². The zero-order valence-corrected chi connectivity index (χ0v) is 9.66. The zero-order valence-electron chi connectivity index (χ0n) is 9.66. The van der Waals surface area contributed by atoms with Crippen LogP contribution < -0.4 is 10.6 Å². The molecule has 1 aliphatic carbocycles. The third-order valence-corrected chi connectivity index (χ3v) is 2.61. The van der Waals surface area contributed by atoms with Crippen molar-refractivity contribution in [3.63, 3.8) is 0 Å². The fourth-order valence-corrected chi connectivity index (χ4v) is 1.45. The Morgan fingerprint density at radius 3 is 2.69 bits per heavy atom. The molecule has 0 spiro atoms. The molecular formula is C11H20N2O3. The lowest BCUT2D eigenvalue weighted by atomic mass is 10.2. The van der Waals surface area contributed by atoms with Gasteiger partial charge in [-0.25, -0.2) is 0 Å². The molecule has 92 valence electrons. The fourth-order valence-electron chi connectivity index (χ4n) is 1.45. The summed E-state index contributed by atoms with van der Waals surface area (Å²) in [6.45, 7) is 3.06. The Labute approximate surface area is 95.6 Å². The second-order valence-electron chi connectivity index (χ2n) is 4.48. The summed E-state index contributed by atoms with van der Waals surface area (Å²) in [5.41, 5.74) is 0. The number of carbonyl (C=O) groups is 2. The maximum Gasteiger partial charge on any atom is 0.303 e. The summed E-state index contributed by atoms with van der Waals surface area (Å²) in [5.74, 6) is -0.122. The van der Waals surface area contributed by atoms with E-state index in [0.29, 0.717) is 13.0 Å². The first-order valence-electron chi connectivity index (χ1n) is 5.80. The number of rotatable bonds is 8. The molecule has 5 heteroatoms. The summed E-state index contributed by atoms with van der Waals surface area (Å²) in [7, 11) is 0. The molecule has 1 atom stereocenters. The molecule has 0 bridgehead atoms. The van der Waals surface area contributed by atoms with Crippen LogP contribution in [0.15, 0.2) is 0 Å². The summed E-state index contributed by atoms with van der Waals surface area (Å²) in [6, 6.07) is -0.0775. The van der Waals surface area contributed by atoms with Gasteiger partial charge >= 0.3 is 5.97 Å². The van der Waals surface area contributed by atoms with Gasteiger partial charge in [-0.3, -0.25) is 9.59 Å². The standard InChI is InChI=1S/C11H20N2O3/c1-8(2-5-11(15)16)13-10(14)7-12-6-9-3-4-9/h8-9,12H,2-7H2,1H3,(H,13,14)(H,15,16). The van der Waals surface area contributed by atoms with Crippen LogP contribution in [0.1, 0.15) is 32.6 Å². The van der Waals surface area contributed by atoms with Gasteiger partial charge in [0.2, 0.25) is 5.91 Å². The topological polar surface area (TPSA) is 78.4 Å². The number of hydrogen-bond acceptors (Lipinski definition) is 3. The van der Waals surface area contributed by atoms with Gasteiger partial charge in [0, 0.05) is 12.5 Å². The number of carboxylic acids is 1. The van der Waals surface area contributed by atoms with Crippen molar-refractivity contribution in [3.8, 4) is 0 Å². The Balaban J connectivity index is 2.00. The van der Waals surface area contributed by atoms with Gasteiger partial charge < -0.3 is 15.7 Å². The molecule has 16 heavy (non-hydrogen) atoms. The largest absolute Gasteiger partial charge is 0.481 e. The molecule has 1 fully saturated rings. The Morgan fingerprint density at radius 1 is 1.44 bits per heavy atom. The van der Waals surface area contributed by atoms with Crippen molar-refractivity contribution in [2.75, 3.05) is 13.1 Å². The predicted molar refractivity (Wildman–Crippen MR) is 60.1 cm³/mol. The monoisotopic (exact) mass is 228 g/mol. The lowest BCUT2D eigenvalue weighted by molar-refractivity contribution is -0.137. The maximum absolute atomic E-state index is 11.4. The highest BCUT2D eigenvalue weighted by atomic mass is 16.4. The summed E-state index contributed by atoms with van der Waals surface area (Å²) in [6.07, 6.45) is 3.11. The Bertz CT molecular complexity index is 252. The van der Waals surface area contributed by atoms with Gasteiger partial charge in [0.25, 0.3) is 0 Å². The number of carboxylic acid groups (broad SMARTS) is 1. The molecule has 1 saturated carbocycles. The van der Waals surface area contributed by atoms with E-state index in [1.54, 1.807) is 0 Å². The number of amides is 1. The molecule has 1 amide bonds. The van der Waals surface area contributed by atoms with Gasteiger partial charge in [0.1, 0.15) is 0 Å². The SMILES string of the molecule is CC(CCC(=O)O)NC(=O)CNCC1CC1. The van der Waals surface area contributed by atoms with E-state index in [9.17, 15) is 9.59 Å². The van der Waals surface area contributed by atoms with Crippen LogP contribution in [0.25, 0.3) is 0 Å². The molecule has 0 heterocycles. The third-order valence-electron chi connectivity index (χ3n) is 2.61. The molecule has 0 aromatic rings. The Morgan fingerprint density at radius 2 is 2.12 bits per heavy atom. The molecule has 0 radical (unpaired) electrons. The molecule has 0 aliphatic heterocycles. The Hall–Kier alpha value is -1.10. The Kier molecular flexibility index (Phi) is 5.25. The first-order valence-corrected chi connectivity index (χ1v) is 5.80. The van der Waals surface area contributed by atoms with Crippen LogP contribution in [0.3, 0.4) is 0 Å². The molecule has 0 aromatic carbocycles. The van der Waals surface area contributed by atoms with E-state index in [1.165, 1.54) is 12.8 Å². The van der Waals surface area contributed by atoms with E-state index in [-0.39, 0.29) is 18.4 Å². The highest BCUT2D eigenvalue weighted by molar-refractivity contribution is 5.78. The maximum atomic E-state index is 11.4. The van der Waals surface area contributed by atoms with Crippen LogP contribution >= 0.6 is 0 Å². The summed E-state index contributed by atoms with van der Waals surface area (Å²) in [5, 5.41) is 14.3. The van der Waals surface area contributed by atoms with Gasteiger partial charge in [-0.05, 0) is 38.6 Å². The molecule has 1 unspecified atom stereocenters. The van der Waals surface area contributed by atoms with Gasteiger partial charge in [-0.15, -0.1) is 0 Å². The van der Waals surface area contributed by atoms with Gasteiger partial charge in [0.15, 0.2) is 0 Å². The first-order chi connectivity index (χ1) is 7.58. The minimum atomic E-state index is -0.826. The lowest BCUT2D eigenvalue weighted by Gasteiger charge is -2.12. The van der Waals surface area contributed by atoms with Crippen molar-refractivity contribution in [2.24, 2.45) is 5.92 Å². The van der Waals surface area contributed by atoms with Crippen LogP contribution in [0.2, 0.25) is 0 Å². The summed E-state index contributed by atoms with van der Waals surface area (Å²) in [4.78, 5) is 21.7. The number of hydrogen-bond donors (Lipinski definition) is 3. The second-order valence-corrected chi connectivity index (χ2v) is 4.48. The van der Waals surface area contributed by atoms with Crippen molar-refractivity contribution >= 4 is 11.9 Å². The molecule has 3 N–H and O–H groups in total. The summed E-state index contributed by atoms with van der Waals surface area (Å²) >= 11 is 0. The fraction of sp³-hybridized carbons (Fsp3) is 0.818. The molecule has 0 saturated heterocycles. The van der Waals surface area contributed by atoms with Gasteiger partial charge in [-0.1, -0.05) is 0 Å². The lowest BCUT2D eigenvalue weighted by Crippen LogP contribution is -2.39. The normalized spacial score (nSPS) is 16.8. The van der Waals surface area contributed by atoms with Gasteiger partial charge in [-0.2, -0.15) is 0 Å². The highest BCUT2D eigenvalue weighted by Gasteiger charge is 2.20. The van der Waals surface area contributed by atoms with E-state index in [1.807, 2.05) is 6.92 Å². The third kappa shape index (κ3) is 6.40. The number of carbonyl (C=O) groups excluding carboxylic acids is 1. The van der Waals surface area contributed by atoms with E-state index in [2.05, 4.69) is 10.6 Å². The average molecular weight is 228 g/mol. The predicted octanol–water partition coefficient (Wildman–Crippen LogP) is 0.356. The van der Waals surface area contributed by atoms with E-state index < -0.39 is 5.97 Å². The van der Waals surface area contributed by atoms with Crippen molar-refractivity contribution in [1.82, 2.24) is 10.6 Å². The summed E-state index contributed by atoms with van der Waals surface area (Å²) < 4.78 is 0. The van der Waals surface area contributed by atoms with Crippen LogP contribution in [-0.2, 0) is 9.59 Å². The van der Waals surface area contributed by atoms with Crippen LogP contribution in [0, 0.1) is 5.92 Å². The second kappa shape index (κ2) is 6.48. The van der Waals surface area contributed by atoms with E-state index in [4.69, 9.17) is 5.11 Å². The van der Waals surface area contributed by atoms with Crippen LogP contribution in [0.4, 0.5) is 0 Å². The molecule has 1 aliphatic rings. The molecule has 1 rings (SSSR count). The van der Waals surface area contributed by atoms with Crippen LogP contribution in [-0.4, -0.2) is 36.1 Å². The minimum Gasteiger partial charge on any atom is -0.481 e. The molecule has 5 nitrogen and oxygen atoms in total. The quantitative estimate of drug-likeness (QED) is 0.560. The minimum absolute atomic E-state index is 0.0569. The molecular weight excluding hydrogens is 208 g/mol. The number of aliphatic carboxylic acids is 1. The average Bonchev–Trinajstić information content (AvgIpc) is 2.98. The van der Waals surface area contributed by atoms with Crippen molar-refractivity contribution in [1.29, 1.82) is 0 Å². The van der Waals surface area contributed by atoms with Crippen molar-refractivity contribution < 1.29 is 14.7 Å². The molecule has 0 aromatic heterocycles.